The van der Waals surface area contributed by atoms with Crippen molar-refractivity contribution in [2.45, 2.75) is 50.6 Å². The van der Waals surface area contributed by atoms with E-state index in [1.807, 2.05) is 51.1 Å². The number of benzene rings is 3. The van der Waals surface area contributed by atoms with E-state index in [0.29, 0.717) is 17.9 Å². The summed E-state index contributed by atoms with van der Waals surface area (Å²) in [5.74, 6) is -0.129. The van der Waals surface area contributed by atoms with Crippen LogP contribution in [0.2, 0.25) is 0 Å². The van der Waals surface area contributed by atoms with Crippen LogP contribution < -0.4 is 19.1 Å². The van der Waals surface area contributed by atoms with Crippen molar-refractivity contribution < 1.29 is 27.5 Å². The van der Waals surface area contributed by atoms with E-state index in [9.17, 15) is 18.0 Å². The van der Waals surface area contributed by atoms with Gasteiger partial charge in [0, 0.05) is 18.2 Å². The molecule has 0 saturated carbocycles. The maximum atomic E-state index is 14.0. The van der Waals surface area contributed by atoms with Gasteiger partial charge in [0.1, 0.15) is 12.6 Å². The predicted molar refractivity (Wildman–Crippen MR) is 160 cm³/mol. The SMILES string of the molecule is COc1ccc(N(CC(=O)N(CCc2ccccc2)[C@H](C)C(=O)NC(C)(C)C)S(=O)(=O)c2ccccc2)cc1OC. The number of nitrogens with zero attached hydrogens (tertiary/aromatic N) is 2. The molecule has 3 aromatic rings. The van der Waals surface area contributed by atoms with Crippen molar-refractivity contribution in [1.82, 2.24) is 10.2 Å². The minimum Gasteiger partial charge on any atom is -0.493 e. The molecule has 1 atom stereocenters. The van der Waals surface area contributed by atoms with E-state index in [4.69, 9.17) is 9.47 Å². The third-order valence-electron chi connectivity index (χ3n) is 6.41. The van der Waals surface area contributed by atoms with Crippen molar-refractivity contribution in [3.05, 3.63) is 84.4 Å². The number of hydrogen-bond acceptors (Lipinski definition) is 6. The fraction of sp³-hybridized carbons (Fsp3) is 0.355. The Kier molecular flexibility index (Phi) is 10.4. The second-order valence-corrected chi connectivity index (χ2v) is 12.5. The zero-order valence-electron chi connectivity index (χ0n) is 24.5. The fourth-order valence-corrected chi connectivity index (χ4v) is 5.70. The fourth-order valence-electron chi connectivity index (χ4n) is 4.27. The first-order chi connectivity index (χ1) is 19.4. The summed E-state index contributed by atoms with van der Waals surface area (Å²) in [7, 11) is -1.25. The number of nitrogens with one attached hydrogen (secondary N) is 1. The standard InChI is InChI=1S/C31H39N3O6S/c1-23(30(36)32-31(2,3)4)33(20-19-24-13-9-7-10-14-24)29(35)22-34(41(37,38)26-15-11-8-12-16-26)25-17-18-27(39-5)28(21-25)40-6/h7-18,21,23H,19-20,22H2,1-6H3,(H,32,36)/t23-/m1/s1. The van der Waals surface area contributed by atoms with Gasteiger partial charge in [-0.05, 0) is 63.9 Å². The molecule has 0 spiro atoms. The van der Waals surface area contributed by atoms with Crippen LogP contribution in [0.25, 0.3) is 0 Å². The van der Waals surface area contributed by atoms with E-state index >= 15 is 0 Å². The number of ether oxygens (including phenoxy) is 2. The van der Waals surface area contributed by atoms with Crippen molar-refractivity contribution >= 4 is 27.5 Å². The molecule has 0 bridgehead atoms. The van der Waals surface area contributed by atoms with Crippen molar-refractivity contribution in [2.24, 2.45) is 0 Å². The summed E-state index contributed by atoms with van der Waals surface area (Å²) < 4.78 is 39.6. The molecule has 3 aromatic carbocycles. The normalized spacial score (nSPS) is 12.2. The van der Waals surface area contributed by atoms with Crippen molar-refractivity contribution in [1.29, 1.82) is 0 Å². The summed E-state index contributed by atoms with van der Waals surface area (Å²) >= 11 is 0. The highest BCUT2D eigenvalue weighted by Crippen LogP contribution is 2.34. The molecule has 0 fully saturated rings. The lowest BCUT2D eigenvalue weighted by Gasteiger charge is -2.33. The van der Waals surface area contributed by atoms with Gasteiger partial charge in [-0.2, -0.15) is 0 Å². The van der Waals surface area contributed by atoms with E-state index in [0.717, 1.165) is 9.87 Å². The van der Waals surface area contributed by atoms with Gasteiger partial charge in [-0.1, -0.05) is 48.5 Å². The van der Waals surface area contributed by atoms with E-state index in [1.165, 1.54) is 37.3 Å². The molecule has 0 aliphatic rings. The summed E-state index contributed by atoms with van der Waals surface area (Å²) in [5, 5.41) is 2.93. The Balaban J connectivity index is 2.03. The van der Waals surface area contributed by atoms with E-state index in [2.05, 4.69) is 5.32 Å². The number of hydrogen-bond donors (Lipinski definition) is 1. The number of carbonyl (C=O) groups excluding carboxylic acids is 2. The minimum absolute atomic E-state index is 0.0249. The Bertz CT molecular complexity index is 1420. The number of amides is 2. The highest BCUT2D eigenvalue weighted by molar-refractivity contribution is 7.92. The number of anilines is 1. The average Bonchev–Trinajstić information content (AvgIpc) is 2.95. The molecule has 220 valence electrons. The second kappa shape index (κ2) is 13.5. The van der Waals surface area contributed by atoms with E-state index in [-0.39, 0.29) is 23.0 Å². The van der Waals surface area contributed by atoms with Gasteiger partial charge in [0.25, 0.3) is 10.0 Å². The van der Waals surface area contributed by atoms with Crippen molar-refractivity contribution in [2.75, 3.05) is 31.6 Å². The molecular weight excluding hydrogens is 542 g/mol. The van der Waals surface area contributed by atoms with Crippen LogP contribution in [0.15, 0.2) is 83.8 Å². The van der Waals surface area contributed by atoms with Crippen LogP contribution in [0.1, 0.15) is 33.3 Å². The Labute approximate surface area is 243 Å². The van der Waals surface area contributed by atoms with Gasteiger partial charge in [0.05, 0.1) is 24.8 Å². The zero-order chi connectivity index (χ0) is 30.2. The first-order valence-corrected chi connectivity index (χ1v) is 14.8. The molecule has 10 heteroatoms. The van der Waals surface area contributed by atoms with Crippen molar-refractivity contribution in [3.8, 4) is 11.5 Å². The molecule has 0 heterocycles. The molecular formula is C31H39N3O6S. The largest absolute Gasteiger partial charge is 0.493 e. The highest BCUT2D eigenvalue weighted by atomic mass is 32.2. The predicted octanol–water partition coefficient (Wildman–Crippen LogP) is 4.27. The van der Waals surface area contributed by atoms with Gasteiger partial charge in [-0.3, -0.25) is 13.9 Å². The molecule has 0 aliphatic heterocycles. The van der Waals surface area contributed by atoms with Crippen LogP contribution in [-0.4, -0.2) is 64.0 Å². The average molecular weight is 582 g/mol. The monoisotopic (exact) mass is 581 g/mol. The van der Waals surface area contributed by atoms with Gasteiger partial charge in [-0.15, -0.1) is 0 Å². The summed E-state index contributed by atoms with van der Waals surface area (Å²) in [6, 6.07) is 21.3. The molecule has 0 saturated heterocycles. The molecule has 1 N–H and O–H groups in total. The van der Waals surface area contributed by atoms with Gasteiger partial charge in [-0.25, -0.2) is 8.42 Å². The Morgan fingerprint density at radius 2 is 1.46 bits per heavy atom. The summed E-state index contributed by atoms with van der Waals surface area (Å²) in [4.78, 5) is 28.6. The maximum Gasteiger partial charge on any atom is 0.264 e. The van der Waals surface area contributed by atoms with Crippen LogP contribution in [0.5, 0.6) is 11.5 Å². The molecule has 3 rings (SSSR count). The van der Waals surface area contributed by atoms with Gasteiger partial charge in [0.2, 0.25) is 11.8 Å². The van der Waals surface area contributed by atoms with Gasteiger partial charge in [0.15, 0.2) is 11.5 Å². The van der Waals surface area contributed by atoms with E-state index < -0.39 is 34.1 Å². The van der Waals surface area contributed by atoms with Crippen LogP contribution in [0, 0.1) is 0 Å². The number of sulfonamides is 1. The number of rotatable bonds is 12. The first-order valence-electron chi connectivity index (χ1n) is 13.3. The van der Waals surface area contributed by atoms with Crippen LogP contribution in [-0.2, 0) is 26.0 Å². The minimum atomic E-state index is -4.18. The Morgan fingerprint density at radius 3 is 2.02 bits per heavy atom. The molecule has 0 unspecified atom stereocenters. The second-order valence-electron chi connectivity index (χ2n) is 10.6. The molecule has 0 aliphatic carbocycles. The smallest absolute Gasteiger partial charge is 0.264 e. The number of carbonyl (C=O) groups is 2. The van der Waals surface area contributed by atoms with E-state index in [1.54, 1.807) is 37.3 Å². The number of methoxy groups -OCH3 is 2. The van der Waals surface area contributed by atoms with Gasteiger partial charge < -0.3 is 19.7 Å². The zero-order valence-corrected chi connectivity index (χ0v) is 25.3. The van der Waals surface area contributed by atoms with Crippen molar-refractivity contribution in [3.63, 3.8) is 0 Å². The Hall–Kier alpha value is -4.05. The van der Waals surface area contributed by atoms with Crippen LogP contribution in [0.3, 0.4) is 0 Å². The quantitative estimate of drug-likeness (QED) is 0.343. The molecule has 41 heavy (non-hydrogen) atoms. The Morgan fingerprint density at radius 1 is 0.878 bits per heavy atom. The lowest BCUT2D eigenvalue weighted by molar-refractivity contribution is -0.139. The summed E-state index contributed by atoms with van der Waals surface area (Å²) in [5.41, 5.74) is 0.694. The third-order valence-corrected chi connectivity index (χ3v) is 8.20. The van der Waals surface area contributed by atoms with Crippen LogP contribution >= 0.6 is 0 Å². The maximum absolute atomic E-state index is 14.0. The third kappa shape index (κ3) is 8.23. The molecule has 0 radical (unpaired) electrons. The van der Waals surface area contributed by atoms with Gasteiger partial charge >= 0.3 is 0 Å². The first kappa shape index (κ1) is 31.5. The molecule has 0 aromatic heterocycles. The summed E-state index contributed by atoms with van der Waals surface area (Å²) in [6.45, 7) is 6.91. The lowest BCUT2D eigenvalue weighted by atomic mass is 10.1. The molecule has 2 amide bonds. The lowest BCUT2D eigenvalue weighted by Crippen LogP contribution is -2.55. The van der Waals surface area contributed by atoms with Crippen LogP contribution in [0.4, 0.5) is 5.69 Å². The topological polar surface area (TPSA) is 105 Å². The summed E-state index contributed by atoms with van der Waals surface area (Å²) in [6.07, 6.45) is 0.488. The highest BCUT2D eigenvalue weighted by Gasteiger charge is 2.33. The molecule has 9 nitrogen and oxygen atoms in total.